The summed E-state index contributed by atoms with van der Waals surface area (Å²) in [6, 6.07) is 7.49. The van der Waals surface area contributed by atoms with E-state index in [2.05, 4.69) is 0 Å². The van der Waals surface area contributed by atoms with Crippen molar-refractivity contribution < 1.29 is 4.79 Å². The van der Waals surface area contributed by atoms with Gasteiger partial charge in [-0.25, -0.2) is 0 Å². The second-order valence-corrected chi connectivity index (χ2v) is 3.93. The highest BCUT2D eigenvalue weighted by molar-refractivity contribution is 6.30. The fourth-order valence-corrected chi connectivity index (χ4v) is 1.53. The maximum absolute atomic E-state index is 11.6. The Kier molecular flexibility index (Phi) is 4.15. The molecule has 0 saturated carbocycles. The van der Waals surface area contributed by atoms with Gasteiger partial charge in [-0.2, -0.15) is 0 Å². The van der Waals surface area contributed by atoms with Gasteiger partial charge in [0.2, 0.25) is 0 Å². The summed E-state index contributed by atoms with van der Waals surface area (Å²) in [6.07, 6.45) is 1.57. The molecule has 1 unspecified atom stereocenters. The Balaban J connectivity index is 2.73. The highest BCUT2D eigenvalue weighted by atomic mass is 35.5. The summed E-state index contributed by atoms with van der Waals surface area (Å²) in [5, 5.41) is 0.712. The van der Waals surface area contributed by atoms with Gasteiger partial charge in [0, 0.05) is 17.4 Å². The van der Waals surface area contributed by atoms with Crippen molar-refractivity contribution in [2.75, 3.05) is 0 Å². The van der Waals surface area contributed by atoms with Gasteiger partial charge in [0.25, 0.3) is 0 Å². The Hall–Kier alpha value is -0.820. The van der Waals surface area contributed by atoms with Crippen LogP contribution in [0.3, 0.4) is 0 Å². The van der Waals surface area contributed by atoms with Crippen LogP contribution in [0.5, 0.6) is 0 Å². The molecule has 0 heterocycles. The molecule has 0 spiro atoms. The molecule has 0 aliphatic heterocycles. The van der Waals surface area contributed by atoms with Crippen molar-refractivity contribution >= 4 is 17.4 Å². The van der Waals surface area contributed by atoms with Gasteiger partial charge in [-0.3, -0.25) is 4.79 Å². The first-order chi connectivity index (χ1) is 6.65. The molecule has 1 atom stereocenters. The van der Waals surface area contributed by atoms with Gasteiger partial charge >= 0.3 is 0 Å². The highest BCUT2D eigenvalue weighted by Gasteiger charge is 2.13. The molecule has 76 valence electrons. The van der Waals surface area contributed by atoms with E-state index in [0.717, 1.165) is 12.0 Å². The van der Waals surface area contributed by atoms with E-state index in [0.29, 0.717) is 17.2 Å². The molecule has 1 aromatic carbocycles. The van der Waals surface area contributed by atoms with Crippen LogP contribution in [-0.2, 0) is 4.79 Å². The van der Waals surface area contributed by atoms with Crippen LogP contribution in [0.4, 0.5) is 0 Å². The molecule has 1 rings (SSSR count). The number of ketones is 1. The molecule has 1 aromatic rings. The van der Waals surface area contributed by atoms with Crippen molar-refractivity contribution in [1.82, 2.24) is 0 Å². The molecule has 0 aliphatic rings. The van der Waals surface area contributed by atoms with Crippen molar-refractivity contribution in [1.29, 1.82) is 0 Å². The van der Waals surface area contributed by atoms with Gasteiger partial charge in [-0.1, -0.05) is 37.6 Å². The number of benzene rings is 1. The van der Waals surface area contributed by atoms with Crippen molar-refractivity contribution in [3.8, 4) is 0 Å². The van der Waals surface area contributed by atoms with Crippen molar-refractivity contribution in [2.45, 2.75) is 32.6 Å². The van der Waals surface area contributed by atoms with Crippen molar-refractivity contribution in [3.05, 3.63) is 34.9 Å². The lowest BCUT2D eigenvalue weighted by Crippen LogP contribution is -2.08. The topological polar surface area (TPSA) is 17.1 Å². The predicted molar refractivity (Wildman–Crippen MR) is 59.8 cm³/mol. The smallest absolute Gasteiger partial charge is 0.140 e. The Morgan fingerprint density at radius 3 is 2.43 bits per heavy atom. The SMILES string of the molecule is CCCC(=O)C(C)c1ccc(Cl)cc1. The largest absolute Gasteiger partial charge is 0.299 e. The zero-order valence-corrected chi connectivity index (χ0v) is 9.34. The monoisotopic (exact) mass is 210 g/mol. The fraction of sp³-hybridized carbons (Fsp3) is 0.417. The lowest BCUT2D eigenvalue weighted by molar-refractivity contribution is -0.120. The van der Waals surface area contributed by atoms with Gasteiger partial charge < -0.3 is 0 Å². The molecule has 2 heteroatoms. The summed E-state index contributed by atoms with van der Waals surface area (Å²) in [4.78, 5) is 11.6. The summed E-state index contributed by atoms with van der Waals surface area (Å²) in [7, 11) is 0. The van der Waals surface area contributed by atoms with E-state index in [1.54, 1.807) is 0 Å². The number of Topliss-reactive ketones (excluding diaryl/α,β-unsaturated/α-hetero) is 1. The maximum Gasteiger partial charge on any atom is 0.140 e. The third kappa shape index (κ3) is 2.85. The molecule has 0 amide bonds. The molecule has 0 bridgehead atoms. The highest BCUT2D eigenvalue weighted by Crippen LogP contribution is 2.20. The normalized spacial score (nSPS) is 12.5. The molecule has 0 N–H and O–H groups in total. The zero-order valence-electron chi connectivity index (χ0n) is 8.59. The van der Waals surface area contributed by atoms with E-state index in [-0.39, 0.29) is 5.92 Å². The number of carbonyl (C=O) groups excluding carboxylic acids is 1. The van der Waals surface area contributed by atoms with Crippen molar-refractivity contribution in [3.63, 3.8) is 0 Å². The first-order valence-corrected chi connectivity index (χ1v) is 5.31. The average molecular weight is 211 g/mol. The summed E-state index contributed by atoms with van der Waals surface area (Å²) >= 11 is 5.77. The number of carbonyl (C=O) groups is 1. The van der Waals surface area contributed by atoms with Crippen LogP contribution in [0.1, 0.15) is 38.2 Å². The molecule has 0 radical (unpaired) electrons. The lowest BCUT2D eigenvalue weighted by atomic mass is 9.94. The van der Waals surface area contributed by atoms with E-state index < -0.39 is 0 Å². The van der Waals surface area contributed by atoms with E-state index >= 15 is 0 Å². The first-order valence-electron chi connectivity index (χ1n) is 4.93. The van der Waals surface area contributed by atoms with Gasteiger partial charge in [-0.05, 0) is 24.1 Å². The minimum absolute atomic E-state index is 0.00721. The van der Waals surface area contributed by atoms with Gasteiger partial charge in [0.05, 0.1) is 0 Å². The van der Waals surface area contributed by atoms with Crippen LogP contribution in [0.2, 0.25) is 5.02 Å². The van der Waals surface area contributed by atoms with Gasteiger partial charge in [-0.15, -0.1) is 0 Å². The molecule has 0 saturated heterocycles. The molecular weight excluding hydrogens is 196 g/mol. The second-order valence-electron chi connectivity index (χ2n) is 3.49. The number of rotatable bonds is 4. The minimum Gasteiger partial charge on any atom is -0.299 e. The molecule has 0 aliphatic carbocycles. The van der Waals surface area contributed by atoms with Crippen LogP contribution in [0.25, 0.3) is 0 Å². The minimum atomic E-state index is -0.00721. The molecule has 14 heavy (non-hydrogen) atoms. The summed E-state index contributed by atoms with van der Waals surface area (Å²) in [6.45, 7) is 3.97. The molecule has 1 nitrogen and oxygen atoms in total. The summed E-state index contributed by atoms with van der Waals surface area (Å²) in [5.41, 5.74) is 1.05. The van der Waals surface area contributed by atoms with E-state index in [1.807, 2.05) is 38.1 Å². The third-order valence-corrected chi connectivity index (χ3v) is 2.60. The Morgan fingerprint density at radius 1 is 1.36 bits per heavy atom. The average Bonchev–Trinajstić information content (AvgIpc) is 2.18. The molecule has 0 aromatic heterocycles. The van der Waals surface area contributed by atoms with Crippen LogP contribution in [0.15, 0.2) is 24.3 Å². The van der Waals surface area contributed by atoms with Gasteiger partial charge in [0.15, 0.2) is 0 Å². The number of hydrogen-bond acceptors (Lipinski definition) is 1. The Bertz CT molecular complexity index is 303. The van der Waals surface area contributed by atoms with Crippen LogP contribution in [0, 0.1) is 0 Å². The van der Waals surface area contributed by atoms with Crippen LogP contribution in [-0.4, -0.2) is 5.78 Å². The molecule has 0 fully saturated rings. The standard InChI is InChI=1S/C12H15ClO/c1-3-4-12(14)9(2)10-5-7-11(13)8-6-10/h5-9H,3-4H2,1-2H3. The lowest BCUT2D eigenvalue weighted by Gasteiger charge is -2.09. The van der Waals surface area contributed by atoms with E-state index in [4.69, 9.17) is 11.6 Å². The predicted octanol–water partition coefficient (Wildman–Crippen LogP) is 3.81. The van der Waals surface area contributed by atoms with E-state index in [1.165, 1.54) is 0 Å². The third-order valence-electron chi connectivity index (χ3n) is 2.35. The zero-order chi connectivity index (χ0) is 10.6. The summed E-state index contributed by atoms with van der Waals surface area (Å²) < 4.78 is 0. The first kappa shape index (κ1) is 11.3. The van der Waals surface area contributed by atoms with E-state index in [9.17, 15) is 4.79 Å². The Labute approximate surface area is 90.1 Å². The Morgan fingerprint density at radius 2 is 1.93 bits per heavy atom. The molecular formula is C12H15ClO. The summed E-state index contributed by atoms with van der Waals surface area (Å²) in [5.74, 6) is 0.294. The quantitative estimate of drug-likeness (QED) is 0.739. The maximum atomic E-state index is 11.6. The number of halogens is 1. The fourth-order valence-electron chi connectivity index (χ4n) is 1.40. The van der Waals surface area contributed by atoms with Crippen LogP contribution < -0.4 is 0 Å². The van der Waals surface area contributed by atoms with Gasteiger partial charge in [0.1, 0.15) is 5.78 Å². The second kappa shape index (κ2) is 5.16. The van der Waals surface area contributed by atoms with Crippen molar-refractivity contribution in [2.24, 2.45) is 0 Å². The number of hydrogen-bond donors (Lipinski definition) is 0. The van der Waals surface area contributed by atoms with Crippen LogP contribution >= 0.6 is 11.6 Å².